The van der Waals surface area contributed by atoms with Crippen molar-refractivity contribution in [3.8, 4) is 0 Å². The van der Waals surface area contributed by atoms with Crippen LogP contribution in [0, 0.1) is 0 Å². The Kier molecular flexibility index (Phi) is 5.41. The van der Waals surface area contributed by atoms with Gasteiger partial charge < -0.3 is 4.43 Å². The van der Waals surface area contributed by atoms with E-state index in [0.29, 0.717) is 0 Å². The molecule has 1 radical (unpaired) electrons. The molecule has 0 atom stereocenters. The van der Waals surface area contributed by atoms with Crippen molar-refractivity contribution in [3.63, 3.8) is 0 Å². The minimum atomic E-state index is -0.527. The molecule has 0 unspecified atom stereocenters. The molecule has 0 N–H and O–H groups in total. The lowest BCUT2D eigenvalue weighted by molar-refractivity contribution is 0.318. The van der Waals surface area contributed by atoms with E-state index >= 15 is 0 Å². The number of hydrogen-bond donors (Lipinski definition) is 0. The maximum Gasteiger partial charge on any atom is 0.204 e. The van der Waals surface area contributed by atoms with Crippen molar-refractivity contribution >= 4 is 9.04 Å². The number of hydrogen-bond acceptors (Lipinski definition) is 1. The van der Waals surface area contributed by atoms with Gasteiger partial charge in [-0.15, -0.1) is 0 Å². The summed E-state index contributed by atoms with van der Waals surface area (Å²) < 4.78 is 5.69. The first-order valence-electron chi connectivity index (χ1n) is 6.42. The van der Waals surface area contributed by atoms with Crippen molar-refractivity contribution in [2.45, 2.75) is 52.1 Å². The normalized spacial score (nSPS) is 12.1. The fourth-order valence-electron chi connectivity index (χ4n) is 2.01. The first kappa shape index (κ1) is 14.5. The number of benzene rings is 1. The van der Waals surface area contributed by atoms with Gasteiger partial charge in [-0.05, 0) is 42.5 Å². The SMILES string of the molecule is C[Si](C)OCCCc1ccccc1C(C)(C)C. The standard InChI is InChI=1S/C15H25OSi/c1-15(2,3)14-11-7-6-9-13(14)10-8-12-16-17(4)5/h6-7,9,11H,8,10,12H2,1-5H3. The molecule has 0 saturated heterocycles. The van der Waals surface area contributed by atoms with Crippen LogP contribution in [0.1, 0.15) is 38.3 Å². The summed E-state index contributed by atoms with van der Waals surface area (Å²) in [7, 11) is -0.527. The van der Waals surface area contributed by atoms with Crippen LogP contribution in [0.4, 0.5) is 0 Å². The summed E-state index contributed by atoms with van der Waals surface area (Å²) in [6.07, 6.45) is 2.26. The molecule has 95 valence electrons. The maximum atomic E-state index is 5.69. The summed E-state index contributed by atoms with van der Waals surface area (Å²) in [5.41, 5.74) is 3.19. The van der Waals surface area contributed by atoms with Crippen molar-refractivity contribution in [1.82, 2.24) is 0 Å². The molecular formula is C15H25OSi. The minimum Gasteiger partial charge on any atom is -0.417 e. The molecule has 0 aliphatic carbocycles. The lowest BCUT2D eigenvalue weighted by Gasteiger charge is -2.23. The topological polar surface area (TPSA) is 9.23 Å². The van der Waals surface area contributed by atoms with Crippen molar-refractivity contribution in [3.05, 3.63) is 35.4 Å². The third-order valence-electron chi connectivity index (χ3n) is 2.81. The van der Waals surface area contributed by atoms with Gasteiger partial charge in [0, 0.05) is 6.61 Å². The van der Waals surface area contributed by atoms with Crippen LogP contribution < -0.4 is 0 Å². The van der Waals surface area contributed by atoms with Crippen LogP contribution in [0.5, 0.6) is 0 Å². The summed E-state index contributed by atoms with van der Waals surface area (Å²) in [5.74, 6) is 0. The van der Waals surface area contributed by atoms with Gasteiger partial charge in [0.25, 0.3) is 0 Å². The van der Waals surface area contributed by atoms with E-state index in [9.17, 15) is 0 Å². The van der Waals surface area contributed by atoms with Crippen molar-refractivity contribution in [2.75, 3.05) is 6.61 Å². The van der Waals surface area contributed by atoms with Gasteiger partial charge in [0.05, 0.1) is 0 Å². The van der Waals surface area contributed by atoms with Gasteiger partial charge in [-0.25, -0.2) is 0 Å². The van der Waals surface area contributed by atoms with Crippen LogP contribution in [0.3, 0.4) is 0 Å². The molecule has 2 heteroatoms. The van der Waals surface area contributed by atoms with E-state index in [-0.39, 0.29) is 5.41 Å². The first-order valence-corrected chi connectivity index (χ1v) is 8.83. The molecule has 0 aliphatic heterocycles. The van der Waals surface area contributed by atoms with Gasteiger partial charge in [0.1, 0.15) is 0 Å². The summed E-state index contributed by atoms with van der Waals surface area (Å²) in [4.78, 5) is 0. The second kappa shape index (κ2) is 6.36. The Labute approximate surface area is 108 Å². The molecule has 0 aliphatic rings. The summed E-state index contributed by atoms with van der Waals surface area (Å²) >= 11 is 0. The highest BCUT2D eigenvalue weighted by Gasteiger charge is 2.16. The Bertz CT molecular complexity index is 339. The van der Waals surface area contributed by atoms with Crippen LogP contribution in [0.2, 0.25) is 13.1 Å². The second-order valence-electron chi connectivity index (χ2n) is 5.77. The average molecular weight is 249 g/mol. The fraction of sp³-hybridized carbons (Fsp3) is 0.600. The van der Waals surface area contributed by atoms with Crippen molar-refractivity contribution < 1.29 is 4.43 Å². The molecule has 0 amide bonds. The first-order chi connectivity index (χ1) is 7.91. The van der Waals surface area contributed by atoms with E-state index in [1.165, 1.54) is 11.1 Å². The van der Waals surface area contributed by atoms with E-state index in [4.69, 9.17) is 4.43 Å². The Morgan fingerprint density at radius 2 is 1.76 bits per heavy atom. The Morgan fingerprint density at radius 3 is 2.35 bits per heavy atom. The third kappa shape index (κ3) is 5.05. The van der Waals surface area contributed by atoms with E-state index in [0.717, 1.165) is 19.4 Å². The highest BCUT2D eigenvalue weighted by atomic mass is 28.3. The quantitative estimate of drug-likeness (QED) is 0.562. The van der Waals surface area contributed by atoms with Gasteiger partial charge in [-0.2, -0.15) is 0 Å². The average Bonchev–Trinajstić information content (AvgIpc) is 2.23. The number of aryl methyl sites for hydroxylation is 1. The molecular weight excluding hydrogens is 224 g/mol. The van der Waals surface area contributed by atoms with Crippen LogP contribution in [-0.2, 0) is 16.3 Å². The van der Waals surface area contributed by atoms with Crippen LogP contribution in [0.25, 0.3) is 0 Å². The third-order valence-corrected chi connectivity index (χ3v) is 3.59. The molecule has 0 bridgehead atoms. The van der Waals surface area contributed by atoms with Crippen LogP contribution >= 0.6 is 0 Å². The van der Waals surface area contributed by atoms with Gasteiger partial charge in [-0.1, -0.05) is 45.0 Å². The molecule has 0 saturated carbocycles. The van der Waals surface area contributed by atoms with Crippen molar-refractivity contribution in [1.29, 1.82) is 0 Å². The molecule has 0 heterocycles. The highest BCUT2D eigenvalue weighted by molar-refractivity contribution is 6.48. The van der Waals surface area contributed by atoms with Crippen molar-refractivity contribution in [2.24, 2.45) is 0 Å². The molecule has 1 rings (SSSR count). The smallest absolute Gasteiger partial charge is 0.204 e. The molecule has 1 aromatic rings. The predicted octanol–water partition coefficient (Wildman–Crippen LogP) is 4.18. The molecule has 0 aromatic heterocycles. The van der Waals surface area contributed by atoms with E-state index in [2.05, 4.69) is 58.1 Å². The summed E-state index contributed by atoms with van der Waals surface area (Å²) in [6.45, 7) is 12.1. The molecule has 17 heavy (non-hydrogen) atoms. The lowest BCUT2D eigenvalue weighted by atomic mass is 9.83. The highest BCUT2D eigenvalue weighted by Crippen LogP contribution is 2.26. The monoisotopic (exact) mass is 249 g/mol. The van der Waals surface area contributed by atoms with Gasteiger partial charge in [0.2, 0.25) is 9.04 Å². The minimum absolute atomic E-state index is 0.238. The Morgan fingerprint density at radius 1 is 1.12 bits per heavy atom. The number of rotatable bonds is 5. The largest absolute Gasteiger partial charge is 0.417 e. The summed E-state index contributed by atoms with van der Waals surface area (Å²) in [6, 6.07) is 8.79. The zero-order valence-electron chi connectivity index (χ0n) is 11.8. The van der Waals surface area contributed by atoms with Crippen LogP contribution in [-0.4, -0.2) is 15.6 Å². The predicted molar refractivity (Wildman–Crippen MR) is 76.9 cm³/mol. The lowest BCUT2D eigenvalue weighted by Crippen LogP contribution is -2.15. The van der Waals surface area contributed by atoms with Crippen LogP contribution in [0.15, 0.2) is 24.3 Å². The van der Waals surface area contributed by atoms with E-state index in [1.54, 1.807) is 0 Å². The molecule has 1 aromatic carbocycles. The zero-order valence-corrected chi connectivity index (χ0v) is 12.8. The summed E-state index contributed by atoms with van der Waals surface area (Å²) in [5, 5.41) is 0. The van der Waals surface area contributed by atoms with Gasteiger partial charge >= 0.3 is 0 Å². The second-order valence-corrected chi connectivity index (χ2v) is 7.87. The van der Waals surface area contributed by atoms with Gasteiger partial charge in [0.15, 0.2) is 0 Å². The molecule has 1 nitrogen and oxygen atoms in total. The fourth-order valence-corrected chi connectivity index (χ4v) is 2.56. The maximum absolute atomic E-state index is 5.69. The Hall–Kier alpha value is -0.603. The Balaban J connectivity index is 2.59. The van der Waals surface area contributed by atoms with E-state index < -0.39 is 9.04 Å². The zero-order chi connectivity index (χ0) is 12.9. The van der Waals surface area contributed by atoms with E-state index in [1.807, 2.05) is 0 Å². The molecule has 0 fully saturated rings. The molecule has 0 spiro atoms. The van der Waals surface area contributed by atoms with Gasteiger partial charge in [-0.3, -0.25) is 0 Å².